The lowest BCUT2D eigenvalue weighted by atomic mass is 10.1. The van der Waals surface area contributed by atoms with Crippen LogP contribution in [0, 0.1) is 0 Å². The van der Waals surface area contributed by atoms with Crippen molar-refractivity contribution in [1.82, 2.24) is 0 Å². The van der Waals surface area contributed by atoms with Gasteiger partial charge in [-0.05, 0) is 18.6 Å². The maximum absolute atomic E-state index is 11.8. The fourth-order valence-electron chi connectivity index (χ4n) is 2.20. The van der Waals surface area contributed by atoms with Crippen molar-refractivity contribution in [2.24, 2.45) is 0 Å². The lowest BCUT2D eigenvalue weighted by molar-refractivity contribution is -0.145. The van der Waals surface area contributed by atoms with E-state index < -0.39 is 6.04 Å². The minimum absolute atomic E-state index is 0.131. The maximum atomic E-state index is 11.8. The van der Waals surface area contributed by atoms with Gasteiger partial charge in [0.1, 0.15) is 6.04 Å². The Bertz CT molecular complexity index is 456. The van der Waals surface area contributed by atoms with Crippen LogP contribution in [-0.4, -0.2) is 24.5 Å². The molecule has 0 fully saturated rings. The van der Waals surface area contributed by atoms with Crippen molar-refractivity contribution in [2.75, 3.05) is 11.5 Å². The summed E-state index contributed by atoms with van der Waals surface area (Å²) >= 11 is 0. The van der Waals surface area contributed by atoms with E-state index in [1.54, 1.807) is 6.92 Å². The molecular formula is C13H15NO3. The lowest BCUT2D eigenvalue weighted by Gasteiger charge is -2.22. The van der Waals surface area contributed by atoms with Gasteiger partial charge in [-0.25, -0.2) is 4.79 Å². The molecule has 1 aliphatic rings. The van der Waals surface area contributed by atoms with Crippen molar-refractivity contribution in [3.8, 4) is 0 Å². The van der Waals surface area contributed by atoms with Crippen LogP contribution in [0.2, 0.25) is 0 Å². The van der Waals surface area contributed by atoms with Crippen molar-refractivity contribution < 1.29 is 14.3 Å². The number of hydrogen-bond donors (Lipinski definition) is 0. The Hall–Kier alpha value is -1.84. The molecule has 4 heteroatoms. The highest BCUT2D eigenvalue weighted by atomic mass is 16.5. The van der Waals surface area contributed by atoms with Crippen LogP contribution in [0.5, 0.6) is 0 Å². The maximum Gasteiger partial charge on any atom is 0.329 e. The molecule has 4 nitrogen and oxygen atoms in total. The number of hydrogen-bond acceptors (Lipinski definition) is 3. The molecule has 17 heavy (non-hydrogen) atoms. The van der Waals surface area contributed by atoms with Crippen LogP contribution in [0.1, 0.15) is 19.4 Å². The van der Waals surface area contributed by atoms with E-state index in [1.807, 2.05) is 24.3 Å². The molecule has 1 unspecified atom stereocenters. The summed E-state index contributed by atoms with van der Waals surface area (Å²) in [4.78, 5) is 25.0. The molecule has 0 spiro atoms. The number of carbonyl (C=O) groups is 2. The van der Waals surface area contributed by atoms with Crippen molar-refractivity contribution in [2.45, 2.75) is 26.3 Å². The third-order valence-electron chi connectivity index (χ3n) is 2.87. The average molecular weight is 233 g/mol. The zero-order chi connectivity index (χ0) is 12.4. The van der Waals surface area contributed by atoms with Crippen molar-refractivity contribution in [3.63, 3.8) is 0 Å². The van der Waals surface area contributed by atoms with Crippen molar-refractivity contribution >= 4 is 17.6 Å². The van der Waals surface area contributed by atoms with E-state index in [0.717, 1.165) is 11.3 Å². The Balaban J connectivity index is 2.33. The predicted octanol–water partition coefficient (Wildman–Crippen LogP) is 1.53. The number of amides is 1. The molecule has 1 aromatic rings. The van der Waals surface area contributed by atoms with Gasteiger partial charge in [-0.1, -0.05) is 18.2 Å². The van der Waals surface area contributed by atoms with Gasteiger partial charge >= 0.3 is 5.97 Å². The highest BCUT2D eigenvalue weighted by Crippen LogP contribution is 2.32. The van der Waals surface area contributed by atoms with Gasteiger partial charge in [0.05, 0.1) is 6.61 Å². The number of para-hydroxylation sites is 1. The first kappa shape index (κ1) is 11.6. The largest absolute Gasteiger partial charge is 0.464 e. The van der Waals surface area contributed by atoms with Crippen LogP contribution in [0.25, 0.3) is 0 Å². The van der Waals surface area contributed by atoms with Crippen molar-refractivity contribution in [1.29, 1.82) is 0 Å². The number of ether oxygens (including phenoxy) is 1. The summed E-state index contributed by atoms with van der Waals surface area (Å²) in [5.74, 6) is -0.466. The molecule has 0 radical (unpaired) electrons. The Labute approximate surface area is 100 Å². The van der Waals surface area contributed by atoms with Gasteiger partial charge in [-0.2, -0.15) is 0 Å². The molecule has 1 aliphatic heterocycles. The molecular weight excluding hydrogens is 218 g/mol. The first-order chi connectivity index (χ1) is 8.15. The number of esters is 1. The molecule has 0 N–H and O–H groups in total. The second-order valence-electron chi connectivity index (χ2n) is 3.99. The van der Waals surface area contributed by atoms with Gasteiger partial charge < -0.3 is 4.74 Å². The van der Waals surface area contributed by atoms with Gasteiger partial charge in [0, 0.05) is 19.0 Å². The van der Waals surface area contributed by atoms with Crippen LogP contribution in [0.15, 0.2) is 24.3 Å². The molecule has 0 saturated heterocycles. The molecule has 1 heterocycles. The van der Waals surface area contributed by atoms with Crippen LogP contribution >= 0.6 is 0 Å². The highest BCUT2D eigenvalue weighted by molar-refractivity contribution is 6.01. The minimum atomic E-state index is -0.509. The Kier molecular flexibility index (Phi) is 3.13. The second-order valence-corrected chi connectivity index (χ2v) is 3.99. The number of fused-ring (bicyclic) bond motifs is 1. The lowest BCUT2D eigenvalue weighted by Crippen LogP contribution is -2.42. The van der Waals surface area contributed by atoms with Gasteiger partial charge in [0.25, 0.3) is 0 Å². The number of anilines is 1. The molecule has 0 aromatic heterocycles. The fourth-order valence-corrected chi connectivity index (χ4v) is 2.20. The molecule has 0 saturated carbocycles. The van der Waals surface area contributed by atoms with E-state index in [4.69, 9.17) is 4.74 Å². The zero-order valence-corrected chi connectivity index (χ0v) is 9.97. The van der Waals surface area contributed by atoms with Crippen LogP contribution < -0.4 is 4.90 Å². The van der Waals surface area contributed by atoms with Gasteiger partial charge in [-0.3, -0.25) is 9.69 Å². The van der Waals surface area contributed by atoms with Gasteiger partial charge in [0.15, 0.2) is 0 Å². The summed E-state index contributed by atoms with van der Waals surface area (Å²) in [6, 6.07) is 7.05. The zero-order valence-electron chi connectivity index (χ0n) is 9.97. The number of nitrogens with zero attached hydrogens (tertiary/aromatic N) is 1. The number of benzene rings is 1. The van der Waals surface area contributed by atoms with Crippen LogP contribution in [0.3, 0.4) is 0 Å². The molecule has 2 rings (SSSR count). The molecule has 1 atom stereocenters. The van der Waals surface area contributed by atoms with E-state index >= 15 is 0 Å². The van der Waals surface area contributed by atoms with E-state index in [-0.39, 0.29) is 11.9 Å². The highest BCUT2D eigenvalue weighted by Gasteiger charge is 2.37. The smallest absolute Gasteiger partial charge is 0.329 e. The third-order valence-corrected chi connectivity index (χ3v) is 2.87. The molecule has 0 bridgehead atoms. The molecule has 0 aliphatic carbocycles. The molecule has 90 valence electrons. The van der Waals surface area contributed by atoms with E-state index in [0.29, 0.717) is 13.0 Å². The number of carbonyl (C=O) groups excluding carboxylic acids is 2. The average Bonchev–Trinajstić information content (AvgIpc) is 2.68. The molecule has 1 amide bonds. The summed E-state index contributed by atoms with van der Waals surface area (Å²) in [6.07, 6.45) is 0.536. The monoisotopic (exact) mass is 233 g/mol. The van der Waals surface area contributed by atoms with Crippen LogP contribution in [-0.2, 0) is 20.7 Å². The predicted molar refractivity (Wildman–Crippen MR) is 63.7 cm³/mol. The van der Waals surface area contributed by atoms with E-state index in [2.05, 4.69) is 0 Å². The first-order valence-electron chi connectivity index (χ1n) is 5.69. The Morgan fingerprint density at radius 1 is 1.41 bits per heavy atom. The Morgan fingerprint density at radius 3 is 2.76 bits per heavy atom. The third kappa shape index (κ3) is 2.02. The topological polar surface area (TPSA) is 46.6 Å². The summed E-state index contributed by atoms with van der Waals surface area (Å²) in [5.41, 5.74) is 1.83. The minimum Gasteiger partial charge on any atom is -0.464 e. The quantitative estimate of drug-likeness (QED) is 0.728. The van der Waals surface area contributed by atoms with Crippen LogP contribution in [0.4, 0.5) is 5.69 Å². The summed E-state index contributed by atoms with van der Waals surface area (Å²) in [5, 5.41) is 0. The van der Waals surface area contributed by atoms with E-state index in [1.165, 1.54) is 11.8 Å². The van der Waals surface area contributed by atoms with E-state index in [9.17, 15) is 9.59 Å². The standard InChI is InChI=1S/C13H15NO3/c1-3-17-13(16)12-8-10-6-4-5-7-11(10)14(12)9(2)15/h4-7,12H,3,8H2,1-2H3. The van der Waals surface area contributed by atoms with Gasteiger partial charge in [-0.15, -0.1) is 0 Å². The normalized spacial score (nSPS) is 17.8. The van der Waals surface area contributed by atoms with Gasteiger partial charge in [0.2, 0.25) is 5.91 Å². The molecule has 1 aromatic carbocycles. The Morgan fingerprint density at radius 2 is 2.12 bits per heavy atom. The summed E-state index contributed by atoms with van der Waals surface area (Å²) in [6.45, 7) is 3.56. The fraction of sp³-hybridized carbons (Fsp3) is 0.385. The summed E-state index contributed by atoms with van der Waals surface area (Å²) < 4.78 is 5.00. The first-order valence-corrected chi connectivity index (χ1v) is 5.69. The SMILES string of the molecule is CCOC(=O)C1Cc2ccccc2N1C(C)=O. The number of rotatable bonds is 2. The summed E-state index contributed by atoms with van der Waals surface area (Å²) in [7, 11) is 0. The van der Waals surface area contributed by atoms with Crippen molar-refractivity contribution in [3.05, 3.63) is 29.8 Å². The second kappa shape index (κ2) is 4.57.